The van der Waals surface area contributed by atoms with Gasteiger partial charge in [0.1, 0.15) is 6.54 Å². The fourth-order valence-electron chi connectivity index (χ4n) is 2.22. The molecule has 6 heteroatoms. The van der Waals surface area contributed by atoms with Gasteiger partial charge in [0.2, 0.25) is 5.91 Å². The summed E-state index contributed by atoms with van der Waals surface area (Å²) < 4.78 is 4.86. The van der Waals surface area contributed by atoms with Gasteiger partial charge in [-0.1, -0.05) is 17.7 Å². The minimum absolute atomic E-state index is 0.0882. The average molecular weight is 291 g/mol. The summed E-state index contributed by atoms with van der Waals surface area (Å²) in [7, 11) is 1.58. The van der Waals surface area contributed by atoms with Crippen LogP contribution in [0.4, 0.5) is 10.5 Å². The molecule has 1 saturated heterocycles. The van der Waals surface area contributed by atoms with E-state index in [4.69, 9.17) is 4.74 Å². The molecule has 1 aromatic rings. The van der Waals surface area contributed by atoms with Crippen molar-refractivity contribution in [1.29, 1.82) is 0 Å². The van der Waals surface area contributed by atoms with Crippen molar-refractivity contribution in [2.45, 2.75) is 6.92 Å². The van der Waals surface area contributed by atoms with Crippen LogP contribution in [0.5, 0.6) is 0 Å². The van der Waals surface area contributed by atoms with Crippen molar-refractivity contribution in [2.75, 3.05) is 44.8 Å². The maximum Gasteiger partial charge on any atom is 0.325 e. The minimum Gasteiger partial charge on any atom is -0.383 e. The summed E-state index contributed by atoms with van der Waals surface area (Å²) in [6, 6.07) is 7.68. The number of methoxy groups -OCH3 is 1. The third kappa shape index (κ3) is 3.95. The number of rotatable bonds is 6. The summed E-state index contributed by atoms with van der Waals surface area (Å²) in [6.45, 7) is 4.18. The Morgan fingerprint density at radius 3 is 2.67 bits per heavy atom. The van der Waals surface area contributed by atoms with Crippen LogP contribution in [0.25, 0.3) is 0 Å². The van der Waals surface area contributed by atoms with Crippen molar-refractivity contribution in [1.82, 2.24) is 10.2 Å². The molecule has 1 aliphatic heterocycles. The quantitative estimate of drug-likeness (QED) is 0.795. The first-order chi connectivity index (χ1) is 10.1. The molecule has 6 nitrogen and oxygen atoms in total. The van der Waals surface area contributed by atoms with Crippen LogP contribution in [-0.2, 0) is 9.53 Å². The molecule has 2 rings (SSSR count). The Hall–Kier alpha value is -2.08. The van der Waals surface area contributed by atoms with Gasteiger partial charge in [0.05, 0.1) is 6.61 Å². The van der Waals surface area contributed by atoms with Gasteiger partial charge < -0.3 is 15.0 Å². The Bertz CT molecular complexity index is 501. The Morgan fingerprint density at radius 2 is 2.00 bits per heavy atom. The monoisotopic (exact) mass is 291 g/mol. The van der Waals surface area contributed by atoms with E-state index in [9.17, 15) is 9.59 Å². The number of aryl methyl sites for hydroxylation is 1. The molecule has 1 aromatic carbocycles. The molecule has 0 saturated carbocycles. The molecule has 0 aliphatic carbocycles. The van der Waals surface area contributed by atoms with Crippen LogP contribution in [0.15, 0.2) is 24.3 Å². The van der Waals surface area contributed by atoms with Crippen molar-refractivity contribution < 1.29 is 14.3 Å². The normalized spacial score (nSPS) is 14.7. The number of hydrogen-bond donors (Lipinski definition) is 1. The molecular weight excluding hydrogens is 270 g/mol. The van der Waals surface area contributed by atoms with Crippen LogP contribution >= 0.6 is 0 Å². The van der Waals surface area contributed by atoms with Crippen molar-refractivity contribution in [3.8, 4) is 0 Å². The first-order valence-electron chi connectivity index (χ1n) is 7.00. The lowest BCUT2D eigenvalue weighted by molar-refractivity contribution is -0.121. The lowest BCUT2D eigenvalue weighted by Gasteiger charge is -2.18. The second kappa shape index (κ2) is 7.08. The van der Waals surface area contributed by atoms with Gasteiger partial charge in [-0.25, -0.2) is 4.79 Å². The maximum absolute atomic E-state index is 12.3. The fourth-order valence-corrected chi connectivity index (χ4v) is 2.22. The van der Waals surface area contributed by atoms with E-state index in [1.54, 1.807) is 16.9 Å². The van der Waals surface area contributed by atoms with Crippen LogP contribution in [0, 0.1) is 6.92 Å². The number of carbonyl (C=O) groups is 2. The highest BCUT2D eigenvalue weighted by atomic mass is 16.5. The van der Waals surface area contributed by atoms with Crippen molar-refractivity contribution >= 4 is 17.6 Å². The number of carbonyl (C=O) groups excluding carboxylic acids is 2. The molecule has 3 amide bonds. The molecule has 0 spiro atoms. The van der Waals surface area contributed by atoms with E-state index in [0.29, 0.717) is 26.2 Å². The van der Waals surface area contributed by atoms with Gasteiger partial charge in [0.25, 0.3) is 0 Å². The molecule has 1 N–H and O–H groups in total. The third-order valence-electron chi connectivity index (χ3n) is 3.40. The summed E-state index contributed by atoms with van der Waals surface area (Å²) >= 11 is 0. The van der Waals surface area contributed by atoms with E-state index in [2.05, 4.69) is 5.32 Å². The highest BCUT2D eigenvalue weighted by molar-refractivity contribution is 5.96. The van der Waals surface area contributed by atoms with E-state index < -0.39 is 0 Å². The van der Waals surface area contributed by atoms with E-state index in [0.717, 1.165) is 11.3 Å². The second-order valence-electron chi connectivity index (χ2n) is 5.03. The number of urea groups is 1. The number of nitrogens with one attached hydrogen (secondary N) is 1. The predicted octanol–water partition coefficient (Wildman–Crippen LogP) is 1.000. The van der Waals surface area contributed by atoms with E-state index in [1.807, 2.05) is 31.2 Å². The molecule has 1 heterocycles. The highest BCUT2D eigenvalue weighted by Gasteiger charge is 2.30. The number of hydrogen-bond acceptors (Lipinski definition) is 3. The van der Waals surface area contributed by atoms with E-state index >= 15 is 0 Å². The first kappa shape index (κ1) is 15.3. The topological polar surface area (TPSA) is 61.9 Å². The summed E-state index contributed by atoms with van der Waals surface area (Å²) in [5.41, 5.74) is 2.02. The van der Waals surface area contributed by atoms with Gasteiger partial charge in [-0.15, -0.1) is 0 Å². The largest absolute Gasteiger partial charge is 0.383 e. The van der Waals surface area contributed by atoms with Gasteiger partial charge in [-0.05, 0) is 19.1 Å². The molecule has 1 aliphatic rings. The molecule has 114 valence electrons. The molecule has 1 fully saturated rings. The Labute approximate surface area is 124 Å². The number of amides is 3. The standard InChI is InChI=1S/C15H21N3O3/c1-12-3-5-13(6-4-12)18-9-8-17(15(18)20)11-14(19)16-7-10-21-2/h3-6H,7-11H2,1-2H3,(H,16,19). The zero-order valence-electron chi connectivity index (χ0n) is 12.5. The SMILES string of the molecule is COCCNC(=O)CN1CCN(c2ccc(C)cc2)C1=O. The molecular formula is C15H21N3O3. The smallest absolute Gasteiger partial charge is 0.325 e. The second-order valence-corrected chi connectivity index (χ2v) is 5.03. The molecule has 0 aromatic heterocycles. The molecule has 0 unspecified atom stereocenters. The zero-order chi connectivity index (χ0) is 15.2. The fraction of sp³-hybridized carbons (Fsp3) is 0.467. The lowest BCUT2D eigenvalue weighted by Crippen LogP contribution is -2.40. The Kier molecular flexibility index (Phi) is 5.16. The summed E-state index contributed by atoms with van der Waals surface area (Å²) in [6.07, 6.45) is 0. The maximum atomic E-state index is 12.3. The van der Waals surface area contributed by atoms with Gasteiger partial charge >= 0.3 is 6.03 Å². The summed E-state index contributed by atoms with van der Waals surface area (Å²) in [4.78, 5) is 27.3. The molecule has 0 bridgehead atoms. The predicted molar refractivity (Wildman–Crippen MR) is 80.4 cm³/mol. The van der Waals surface area contributed by atoms with Crippen molar-refractivity contribution in [3.63, 3.8) is 0 Å². The molecule has 0 atom stereocenters. The Balaban J connectivity index is 1.89. The van der Waals surface area contributed by atoms with Gasteiger partial charge in [-0.3, -0.25) is 9.69 Å². The van der Waals surface area contributed by atoms with Crippen molar-refractivity contribution in [2.24, 2.45) is 0 Å². The zero-order valence-corrected chi connectivity index (χ0v) is 12.5. The van der Waals surface area contributed by atoms with Crippen LogP contribution in [0.3, 0.4) is 0 Å². The number of nitrogens with zero attached hydrogens (tertiary/aromatic N) is 2. The average Bonchev–Trinajstić information content (AvgIpc) is 2.82. The van der Waals surface area contributed by atoms with E-state index in [-0.39, 0.29) is 18.5 Å². The number of ether oxygens (including phenoxy) is 1. The number of anilines is 1. The minimum atomic E-state index is -0.161. The lowest BCUT2D eigenvalue weighted by atomic mass is 10.2. The van der Waals surface area contributed by atoms with Crippen LogP contribution in [-0.4, -0.2) is 56.7 Å². The Morgan fingerprint density at radius 1 is 1.29 bits per heavy atom. The van der Waals surface area contributed by atoms with Gasteiger partial charge in [0, 0.05) is 32.4 Å². The molecule has 0 radical (unpaired) electrons. The summed E-state index contributed by atoms with van der Waals surface area (Å²) in [5, 5.41) is 2.72. The number of benzene rings is 1. The van der Waals surface area contributed by atoms with Crippen molar-refractivity contribution in [3.05, 3.63) is 29.8 Å². The van der Waals surface area contributed by atoms with Crippen LogP contribution in [0.1, 0.15) is 5.56 Å². The van der Waals surface area contributed by atoms with Crippen LogP contribution < -0.4 is 10.2 Å². The molecule has 21 heavy (non-hydrogen) atoms. The third-order valence-corrected chi connectivity index (χ3v) is 3.40. The summed E-state index contributed by atoms with van der Waals surface area (Å²) in [5.74, 6) is -0.161. The van der Waals surface area contributed by atoms with Crippen LogP contribution in [0.2, 0.25) is 0 Å². The van der Waals surface area contributed by atoms with Gasteiger partial charge in [0.15, 0.2) is 0 Å². The van der Waals surface area contributed by atoms with E-state index in [1.165, 1.54) is 0 Å². The first-order valence-corrected chi connectivity index (χ1v) is 7.00. The van der Waals surface area contributed by atoms with Gasteiger partial charge in [-0.2, -0.15) is 0 Å². The highest BCUT2D eigenvalue weighted by Crippen LogP contribution is 2.20.